The molecule has 1 aromatic carbocycles. The molecule has 0 unspecified atom stereocenters. The van der Waals surface area contributed by atoms with Crippen LogP contribution in [0, 0.1) is 6.92 Å². The van der Waals surface area contributed by atoms with Crippen LogP contribution in [0.1, 0.15) is 27.3 Å². The summed E-state index contributed by atoms with van der Waals surface area (Å²) >= 11 is 0. The lowest BCUT2D eigenvalue weighted by atomic mass is 10.1. The molecule has 1 amide bonds. The van der Waals surface area contributed by atoms with Gasteiger partial charge in [-0.3, -0.25) is 4.79 Å². The van der Waals surface area contributed by atoms with E-state index in [-0.39, 0.29) is 12.7 Å². The molecule has 0 saturated heterocycles. The van der Waals surface area contributed by atoms with Crippen molar-refractivity contribution in [2.24, 2.45) is 0 Å². The third-order valence-corrected chi connectivity index (χ3v) is 4.41. The van der Waals surface area contributed by atoms with E-state index in [1.807, 2.05) is 11.8 Å². The van der Waals surface area contributed by atoms with Crippen molar-refractivity contribution in [1.29, 1.82) is 0 Å². The van der Waals surface area contributed by atoms with Crippen LogP contribution in [0.4, 0.5) is 0 Å². The molecule has 0 saturated carbocycles. The van der Waals surface area contributed by atoms with E-state index in [4.69, 9.17) is 9.47 Å². The second kappa shape index (κ2) is 5.53. The summed E-state index contributed by atoms with van der Waals surface area (Å²) in [5.41, 5.74) is 3.86. The summed E-state index contributed by atoms with van der Waals surface area (Å²) in [6.07, 6.45) is 3.15. The van der Waals surface area contributed by atoms with Gasteiger partial charge < -0.3 is 14.4 Å². The van der Waals surface area contributed by atoms with Gasteiger partial charge in [0.05, 0.1) is 0 Å². The van der Waals surface area contributed by atoms with Crippen molar-refractivity contribution in [2.45, 2.75) is 19.8 Å². The van der Waals surface area contributed by atoms with Crippen molar-refractivity contribution in [3.8, 4) is 11.5 Å². The van der Waals surface area contributed by atoms with Crippen molar-refractivity contribution in [3.05, 3.63) is 47.0 Å². The van der Waals surface area contributed by atoms with Gasteiger partial charge in [-0.1, -0.05) is 0 Å². The topological polar surface area (TPSA) is 64.6 Å². The largest absolute Gasteiger partial charge is 0.454 e. The lowest BCUT2D eigenvalue weighted by Crippen LogP contribution is -2.33. The molecule has 0 fully saturated rings. The predicted molar refractivity (Wildman–Crippen MR) is 82.6 cm³/mol. The van der Waals surface area contributed by atoms with E-state index in [2.05, 4.69) is 9.97 Å². The van der Waals surface area contributed by atoms with Crippen molar-refractivity contribution in [2.75, 3.05) is 19.9 Å². The third-order valence-electron chi connectivity index (χ3n) is 4.41. The molecule has 2 aliphatic rings. The van der Waals surface area contributed by atoms with Crippen molar-refractivity contribution in [3.63, 3.8) is 0 Å². The quantitative estimate of drug-likeness (QED) is 0.803. The Labute approximate surface area is 134 Å². The number of hydrogen-bond donors (Lipinski definition) is 0. The number of amides is 1. The van der Waals surface area contributed by atoms with Crippen LogP contribution in [0.25, 0.3) is 0 Å². The van der Waals surface area contributed by atoms with E-state index >= 15 is 0 Å². The smallest absolute Gasteiger partial charge is 0.254 e. The first-order valence-corrected chi connectivity index (χ1v) is 7.70. The lowest BCUT2D eigenvalue weighted by Gasteiger charge is -2.20. The fraction of sp³-hybridized carbons (Fsp3) is 0.353. The highest BCUT2D eigenvalue weighted by molar-refractivity contribution is 5.95. The van der Waals surface area contributed by atoms with E-state index in [1.165, 1.54) is 5.56 Å². The van der Waals surface area contributed by atoms with E-state index in [0.29, 0.717) is 30.2 Å². The average molecular weight is 311 g/mol. The summed E-state index contributed by atoms with van der Waals surface area (Å²) in [6.45, 7) is 3.55. The summed E-state index contributed by atoms with van der Waals surface area (Å²) in [6, 6.07) is 5.34. The zero-order chi connectivity index (χ0) is 15.8. The van der Waals surface area contributed by atoms with Gasteiger partial charge in [-0.05, 0) is 37.1 Å². The second-order valence-electron chi connectivity index (χ2n) is 5.74. The minimum Gasteiger partial charge on any atom is -0.454 e. The first-order chi connectivity index (χ1) is 11.2. The Hall–Kier alpha value is -2.63. The number of aryl methyl sites for hydroxylation is 1. The lowest BCUT2D eigenvalue weighted by molar-refractivity contribution is 0.0762. The Kier molecular flexibility index (Phi) is 3.37. The monoisotopic (exact) mass is 311 g/mol. The molecule has 6 heteroatoms. The van der Waals surface area contributed by atoms with Crippen LogP contribution >= 0.6 is 0 Å². The first kappa shape index (κ1) is 14.0. The molecule has 0 radical (unpaired) electrons. The van der Waals surface area contributed by atoms with Crippen molar-refractivity contribution in [1.82, 2.24) is 14.9 Å². The second-order valence-corrected chi connectivity index (χ2v) is 5.74. The highest BCUT2D eigenvalue weighted by Gasteiger charge is 2.23. The summed E-state index contributed by atoms with van der Waals surface area (Å²) in [5.74, 6) is 1.34. The normalized spacial score (nSPS) is 16.0. The number of carbonyl (C=O) groups excluding carboxylic acids is 1. The molecule has 1 aromatic heterocycles. The summed E-state index contributed by atoms with van der Waals surface area (Å²) in [5, 5.41) is 0. The Morgan fingerprint density at radius 1 is 1.13 bits per heavy atom. The van der Waals surface area contributed by atoms with E-state index < -0.39 is 0 Å². The zero-order valence-electron chi connectivity index (χ0n) is 12.9. The maximum atomic E-state index is 12.8. The molecule has 118 valence electrons. The Morgan fingerprint density at radius 3 is 2.87 bits per heavy atom. The molecule has 0 aliphatic carbocycles. The number of benzene rings is 1. The number of ether oxygens (including phenoxy) is 2. The van der Waals surface area contributed by atoms with Gasteiger partial charge in [-0.2, -0.15) is 0 Å². The van der Waals surface area contributed by atoms with E-state index in [0.717, 1.165) is 24.2 Å². The molecule has 3 heterocycles. The standard InChI is InChI=1S/C17H17N3O3/c1-11-13-4-6-20(7-5-14(13)19-9-18-11)17(21)12-2-3-15-16(8-12)23-10-22-15/h2-3,8-9H,4-7,10H2,1H3. The van der Waals surface area contributed by atoms with Crippen LogP contribution in [-0.4, -0.2) is 40.7 Å². The predicted octanol–water partition coefficient (Wildman–Crippen LogP) is 1.75. The molecular formula is C17H17N3O3. The molecule has 23 heavy (non-hydrogen) atoms. The van der Waals surface area contributed by atoms with Gasteiger partial charge in [-0.15, -0.1) is 0 Å². The van der Waals surface area contributed by atoms with Gasteiger partial charge in [0.15, 0.2) is 11.5 Å². The van der Waals surface area contributed by atoms with Crippen LogP contribution in [0.15, 0.2) is 24.5 Å². The minimum absolute atomic E-state index is 0.0155. The van der Waals surface area contributed by atoms with Gasteiger partial charge in [0.25, 0.3) is 5.91 Å². The Balaban J connectivity index is 1.55. The van der Waals surface area contributed by atoms with Gasteiger partial charge in [0.2, 0.25) is 6.79 Å². The summed E-state index contributed by atoms with van der Waals surface area (Å²) in [4.78, 5) is 23.3. The third kappa shape index (κ3) is 2.50. The Morgan fingerprint density at radius 2 is 1.96 bits per heavy atom. The average Bonchev–Trinajstić information content (AvgIpc) is 2.92. The van der Waals surface area contributed by atoms with Gasteiger partial charge in [0.1, 0.15) is 6.33 Å². The summed E-state index contributed by atoms with van der Waals surface area (Å²) < 4.78 is 10.6. The number of fused-ring (bicyclic) bond motifs is 2. The van der Waals surface area contributed by atoms with E-state index in [9.17, 15) is 4.79 Å². The van der Waals surface area contributed by atoms with Crippen LogP contribution in [-0.2, 0) is 12.8 Å². The molecule has 0 spiro atoms. The molecule has 0 atom stereocenters. The zero-order valence-corrected chi connectivity index (χ0v) is 12.9. The van der Waals surface area contributed by atoms with Crippen LogP contribution < -0.4 is 9.47 Å². The number of hydrogen-bond acceptors (Lipinski definition) is 5. The highest BCUT2D eigenvalue weighted by atomic mass is 16.7. The maximum Gasteiger partial charge on any atom is 0.254 e. The molecule has 6 nitrogen and oxygen atoms in total. The molecular weight excluding hydrogens is 294 g/mol. The van der Waals surface area contributed by atoms with Crippen LogP contribution in [0.3, 0.4) is 0 Å². The molecule has 2 aromatic rings. The number of carbonyl (C=O) groups is 1. The van der Waals surface area contributed by atoms with Gasteiger partial charge in [-0.25, -0.2) is 9.97 Å². The molecule has 4 rings (SSSR count). The number of rotatable bonds is 1. The van der Waals surface area contributed by atoms with Crippen LogP contribution in [0.2, 0.25) is 0 Å². The van der Waals surface area contributed by atoms with Crippen molar-refractivity contribution >= 4 is 5.91 Å². The van der Waals surface area contributed by atoms with Gasteiger partial charge in [0, 0.05) is 36.5 Å². The number of aromatic nitrogens is 2. The van der Waals surface area contributed by atoms with E-state index in [1.54, 1.807) is 24.5 Å². The van der Waals surface area contributed by atoms with Gasteiger partial charge >= 0.3 is 0 Å². The number of nitrogens with zero attached hydrogens (tertiary/aromatic N) is 3. The van der Waals surface area contributed by atoms with Crippen molar-refractivity contribution < 1.29 is 14.3 Å². The fourth-order valence-electron chi connectivity index (χ4n) is 3.11. The molecule has 0 bridgehead atoms. The SMILES string of the molecule is Cc1ncnc2c1CCN(C(=O)c1ccc3c(c1)OCO3)CC2. The Bertz CT molecular complexity index is 776. The van der Waals surface area contributed by atoms with Crippen LogP contribution in [0.5, 0.6) is 11.5 Å². The fourth-order valence-corrected chi connectivity index (χ4v) is 3.11. The molecule has 2 aliphatic heterocycles. The minimum atomic E-state index is 0.0155. The molecule has 0 N–H and O–H groups in total. The highest BCUT2D eigenvalue weighted by Crippen LogP contribution is 2.33. The first-order valence-electron chi connectivity index (χ1n) is 7.70. The maximum absolute atomic E-state index is 12.8. The summed E-state index contributed by atoms with van der Waals surface area (Å²) in [7, 11) is 0.